The van der Waals surface area contributed by atoms with E-state index in [0.717, 1.165) is 19.5 Å². The van der Waals surface area contributed by atoms with E-state index in [4.69, 9.17) is 23.2 Å². The molecule has 3 heteroatoms. The first-order valence-corrected chi connectivity index (χ1v) is 5.40. The number of rotatable bonds is 4. The summed E-state index contributed by atoms with van der Waals surface area (Å²) in [6, 6.07) is 0.523. The minimum absolute atomic E-state index is 0.429. The quantitative estimate of drug-likeness (QED) is 0.645. The molecule has 0 aliphatic heterocycles. The Kier molecular flexibility index (Phi) is 3.30. The minimum atomic E-state index is -0.429. The lowest BCUT2D eigenvalue weighted by molar-refractivity contribution is 0.209. The molecule has 1 aliphatic rings. The summed E-state index contributed by atoms with van der Waals surface area (Å²) in [5.74, 6) is 0.473. The fraction of sp³-hybridized carbons (Fsp3) is 1.00. The second kappa shape index (κ2) is 3.73. The molecule has 72 valence electrons. The largest absolute Gasteiger partial charge is 0.301 e. The Morgan fingerprint density at radius 1 is 1.42 bits per heavy atom. The van der Waals surface area contributed by atoms with Gasteiger partial charge in [-0.2, -0.15) is 0 Å². The molecule has 0 N–H and O–H groups in total. The molecular weight excluding hydrogens is 193 g/mol. The van der Waals surface area contributed by atoms with Crippen molar-refractivity contribution in [1.29, 1.82) is 0 Å². The molecule has 0 aromatic rings. The molecule has 1 saturated carbocycles. The maximum atomic E-state index is 6.00. The zero-order valence-corrected chi connectivity index (χ0v) is 9.49. The SMILES string of the molecule is CCN(CC)[C@@H](C)[C@H]1CC1(Cl)Cl. The van der Waals surface area contributed by atoms with Gasteiger partial charge >= 0.3 is 0 Å². The Bertz CT molecular complexity index is 153. The fourth-order valence-electron chi connectivity index (χ4n) is 1.81. The molecule has 0 amide bonds. The van der Waals surface area contributed by atoms with E-state index in [9.17, 15) is 0 Å². The highest BCUT2D eigenvalue weighted by Crippen LogP contribution is 2.55. The maximum absolute atomic E-state index is 6.00. The average molecular weight is 210 g/mol. The third-order valence-electron chi connectivity index (χ3n) is 2.85. The molecule has 0 spiro atoms. The lowest BCUT2D eigenvalue weighted by atomic mass is 10.2. The van der Waals surface area contributed by atoms with Crippen molar-refractivity contribution in [3.8, 4) is 0 Å². The van der Waals surface area contributed by atoms with Crippen molar-refractivity contribution in [3.63, 3.8) is 0 Å². The van der Waals surface area contributed by atoms with Crippen molar-refractivity contribution in [3.05, 3.63) is 0 Å². The summed E-state index contributed by atoms with van der Waals surface area (Å²) in [6.07, 6.45) is 0.952. The molecule has 0 aromatic heterocycles. The fourth-order valence-corrected chi connectivity index (χ4v) is 2.51. The van der Waals surface area contributed by atoms with Crippen LogP contribution in [0.2, 0.25) is 0 Å². The van der Waals surface area contributed by atoms with Gasteiger partial charge in [-0.25, -0.2) is 0 Å². The molecule has 0 radical (unpaired) electrons. The molecule has 12 heavy (non-hydrogen) atoms. The highest BCUT2D eigenvalue weighted by molar-refractivity contribution is 6.50. The molecule has 1 nitrogen and oxygen atoms in total. The number of nitrogens with zero attached hydrogens (tertiary/aromatic N) is 1. The van der Waals surface area contributed by atoms with Gasteiger partial charge in [0, 0.05) is 12.0 Å². The summed E-state index contributed by atoms with van der Waals surface area (Å²) < 4.78 is -0.429. The third-order valence-corrected chi connectivity index (χ3v) is 3.71. The summed E-state index contributed by atoms with van der Waals surface area (Å²) in [5.41, 5.74) is 0. The molecule has 0 unspecified atom stereocenters. The van der Waals surface area contributed by atoms with Crippen LogP contribution in [0.5, 0.6) is 0 Å². The van der Waals surface area contributed by atoms with Crippen LogP contribution in [0.3, 0.4) is 0 Å². The van der Waals surface area contributed by atoms with Gasteiger partial charge in [-0.15, -0.1) is 23.2 Å². The van der Waals surface area contributed by atoms with Crippen molar-refractivity contribution < 1.29 is 0 Å². The summed E-state index contributed by atoms with van der Waals surface area (Å²) >= 11 is 12.0. The van der Waals surface area contributed by atoms with Gasteiger partial charge in [0.1, 0.15) is 4.33 Å². The predicted molar refractivity (Wildman–Crippen MR) is 54.9 cm³/mol. The van der Waals surface area contributed by atoms with Crippen LogP contribution in [0, 0.1) is 5.92 Å². The highest BCUT2D eigenvalue weighted by atomic mass is 35.5. The minimum Gasteiger partial charge on any atom is -0.301 e. The first-order valence-electron chi connectivity index (χ1n) is 4.64. The summed E-state index contributed by atoms with van der Waals surface area (Å²) in [7, 11) is 0. The van der Waals surface area contributed by atoms with Crippen LogP contribution in [-0.4, -0.2) is 28.4 Å². The molecule has 0 aromatic carbocycles. The summed E-state index contributed by atoms with van der Waals surface area (Å²) in [6.45, 7) is 8.72. The summed E-state index contributed by atoms with van der Waals surface area (Å²) in [5, 5.41) is 0. The number of hydrogen-bond acceptors (Lipinski definition) is 1. The van der Waals surface area contributed by atoms with Crippen molar-refractivity contribution in [1.82, 2.24) is 4.90 Å². The van der Waals surface area contributed by atoms with Crippen LogP contribution in [0.4, 0.5) is 0 Å². The van der Waals surface area contributed by atoms with Gasteiger partial charge in [0.25, 0.3) is 0 Å². The molecule has 1 rings (SSSR count). The molecule has 0 saturated heterocycles. The maximum Gasteiger partial charge on any atom is 0.123 e. The molecule has 2 atom stereocenters. The van der Waals surface area contributed by atoms with Crippen LogP contribution < -0.4 is 0 Å². The smallest absolute Gasteiger partial charge is 0.123 e. The molecule has 1 aliphatic carbocycles. The number of alkyl halides is 2. The Hall–Kier alpha value is 0.540. The zero-order valence-electron chi connectivity index (χ0n) is 7.98. The van der Waals surface area contributed by atoms with Crippen LogP contribution in [0.1, 0.15) is 27.2 Å². The van der Waals surface area contributed by atoms with Crippen LogP contribution in [0.25, 0.3) is 0 Å². The standard InChI is InChI=1S/C9H17Cl2N/c1-4-12(5-2)7(3)8-6-9(8,10)11/h7-8H,4-6H2,1-3H3/t7-,8+/m0/s1. The van der Waals surface area contributed by atoms with Gasteiger partial charge in [0.2, 0.25) is 0 Å². The van der Waals surface area contributed by atoms with Gasteiger partial charge in [-0.3, -0.25) is 0 Å². The van der Waals surface area contributed by atoms with Crippen molar-refractivity contribution in [2.45, 2.75) is 37.6 Å². The van der Waals surface area contributed by atoms with E-state index < -0.39 is 4.33 Å². The monoisotopic (exact) mass is 209 g/mol. The topological polar surface area (TPSA) is 3.24 Å². The lowest BCUT2D eigenvalue weighted by Crippen LogP contribution is -2.35. The number of halogens is 2. The van der Waals surface area contributed by atoms with E-state index >= 15 is 0 Å². The summed E-state index contributed by atoms with van der Waals surface area (Å²) in [4.78, 5) is 2.40. The molecule has 0 bridgehead atoms. The van der Waals surface area contributed by atoms with Gasteiger partial charge in [-0.1, -0.05) is 13.8 Å². The van der Waals surface area contributed by atoms with Gasteiger partial charge in [0.05, 0.1) is 0 Å². The Morgan fingerprint density at radius 3 is 2.08 bits per heavy atom. The predicted octanol–water partition coefficient (Wildman–Crippen LogP) is 2.91. The Morgan fingerprint density at radius 2 is 1.83 bits per heavy atom. The number of hydrogen-bond donors (Lipinski definition) is 0. The molecular formula is C9H17Cl2N. The van der Waals surface area contributed by atoms with Crippen LogP contribution in [0.15, 0.2) is 0 Å². The first-order chi connectivity index (χ1) is 5.53. The van der Waals surface area contributed by atoms with Crippen molar-refractivity contribution in [2.75, 3.05) is 13.1 Å². The highest BCUT2D eigenvalue weighted by Gasteiger charge is 2.55. The van der Waals surface area contributed by atoms with E-state index in [0.29, 0.717) is 12.0 Å². The van der Waals surface area contributed by atoms with Gasteiger partial charge < -0.3 is 4.90 Å². The van der Waals surface area contributed by atoms with E-state index in [2.05, 4.69) is 25.7 Å². The van der Waals surface area contributed by atoms with Crippen LogP contribution in [-0.2, 0) is 0 Å². The third kappa shape index (κ3) is 2.07. The Labute approximate surface area is 85.0 Å². The van der Waals surface area contributed by atoms with E-state index in [1.54, 1.807) is 0 Å². The van der Waals surface area contributed by atoms with Gasteiger partial charge in [-0.05, 0) is 26.4 Å². The van der Waals surface area contributed by atoms with E-state index in [1.165, 1.54) is 0 Å². The normalized spacial score (nSPS) is 29.0. The molecule has 1 fully saturated rings. The van der Waals surface area contributed by atoms with Gasteiger partial charge in [0.15, 0.2) is 0 Å². The first kappa shape index (κ1) is 10.6. The Balaban J connectivity index is 2.43. The van der Waals surface area contributed by atoms with Crippen LogP contribution >= 0.6 is 23.2 Å². The second-order valence-corrected chi connectivity index (χ2v) is 5.08. The van der Waals surface area contributed by atoms with E-state index in [1.807, 2.05) is 0 Å². The average Bonchev–Trinajstić information content (AvgIpc) is 2.62. The van der Waals surface area contributed by atoms with Crippen molar-refractivity contribution >= 4 is 23.2 Å². The second-order valence-electron chi connectivity index (χ2n) is 3.53. The zero-order chi connectivity index (χ0) is 9.35. The van der Waals surface area contributed by atoms with E-state index in [-0.39, 0.29) is 0 Å². The van der Waals surface area contributed by atoms with Crippen molar-refractivity contribution in [2.24, 2.45) is 5.92 Å². The molecule has 0 heterocycles. The lowest BCUT2D eigenvalue weighted by Gasteiger charge is -2.26.